The van der Waals surface area contributed by atoms with Crippen molar-refractivity contribution in [2.45, 2.75) is 32.5 Å². The van der Waals surface area contributed by atoms with Crippen LogP contribution in [-0.4, -0.2) is 55.1 Å². The Morgan fingerprint density at radius 1 is 1.39 bits per heavy atom. The van der Waals surface area contributed by atoms with Gasteiger partial charge in [-0.2, -0.15) is 0 Å². The van der Waals surface area contributed by atoms with Crippen molar-refractivity contribution in [2.75, 3.05) is 38.2 Å². The van der Waals surface area contributed by atoms with Crippen molar-refractivity contribution in [3.05, 3.63) is 29.8 Å². The first-order valence-corrected chi connectivity index (χ1v) is 8.17. The molecule has 0 aromatic heterocycles. The van der Waals surface area contributed by atoms with E-state index in [9.17, 15) is 9.90 Å². The fourth-order valence-electron chi connectivity index (χ4n) is 2.53. The molecule has 0 spiro atoms. The highest BCUT2D eigenvalue weighted by Crippen LogP contribution is 2.15. The van der Waals surface area contributed by atoms with Crippen LogP contribution in [-0.2, 0) is 16.1 Å². The standard InChI is InChI=1S/C17H26N2O4/c1-2-22-9-10-23-13-14-5-3-6-15(11-14)18-17(21)19-8-4-7-16(20)12-19/h3,5-6,11,16,20H,2,4,7-10,12-13H2,1H3,(H,18,21). The predicted octanol–water partition coefficient (Wildman–Crippen LogP) is 2.23. The minimum absolute atomic E-state index is 0.168. The summed E-state index contributed by atoms with van der Waals surface area (Å²) in [4.78, 5) is 13.9. The highest BCUT2D eigenvalue weighted by atomic mass is 16.5. The molecule has 0 bridgehead atoms. The van der Waals surface area contributed by atoms with Gasteiger partial charge in [-0.3, -0.25) is 0 Å². The van der Waals surface area contributed by atoms with Gasteiger partial charge in [-0.05, 0) is 37.5 Å². The van der Waals surface area contributed by atoms with Gasteiger partial charge in [0.1, 0.15) is 0 Å². The van der Waals surface area contributed by atoms with E-state index in [1.807, 2.05) is 31.2 Å². The number of aliphatic hydroxyl groups is 1. The molecule has 6 nitrogen and oxygen atoms in total. The first-order valence-electron chi connectivity index (χ1n) is 8.17. The lowest BCUT2D eigenvalue weighted by Gasteiger charge is -2.30. The Kier molecular flexibility index (Phi) is 7.32. The van der Waals surface area contributed by atoms with Crippen LogP contribution in [0.1, 0.15) is 25.3 Å². The van der Waals surface area contributed by atoms with E-state index < -0.39 is 6.10 Å². The maximum atomic E-state index is 12.2. The molecule has 1 unspecified atom stereocenters. The minimum atomic E-state index is -0.417. The molecular weight excluding hydrogens is 296 g/mol. The molecular formula is C17H26N2O4. The normalized spacial score (nSPS) is 18.0. The second-order valence-electron chi connectivity index (χ2n) is 5.62. The summed E-state index contributed by atoms with van der Waals surface area (Å²) in [7, 11) is 0. The average molecular weight is 322 g/mol. The Balaban J connectivity index is 1.80. The summed E-state index contributed by atoms with van der Waals surface area (Å²) in [5, 5.41) is 12.5. The average Bonchev–Trinajstić information content (AvgIpc) is 2.55. The molecule has 1 atom stereocenters. The van der Waals surface area contributed by atoms with E-state index in [4.69, 9.17) is 9.47 Å². The lowest BCUT2D eigenvalue weighted by molar-refractivity contribution is 0.0453. The summed E-state index contributed by atoms with van der Waals surface area (Å²) in [5.41, 5.74) is 1.74. The molecule has 6 heteroatoms. The lowest BCUT2D eigenvalue weighted by atomic mass is 10.1. The largest absolute Gasteiger partial charge is 0.391 e. The molecule has 1 aromatic rings. The number of amides is 2. The Labute approximate surface area is 137 Å². The van der Waals surface area contributed by atoms with Gasteiger partial charge in [0.15, 0.2) is 0 Å². The van der Waals surface area contributed by atoms with Gasteiger partial charge in [-0.25, -0.2) is 4.79 Å². The molecule has 2 N–H and O–H groups in total. The van der Waals surface area contributed by atoms with Crippen LogP contribution in [0.15, 0.2) is 24.3 Å². The SMILES string of the molecule is CCOCCOCc1cccc(NC(=O)N2CCCC(O)C2)c1. The second kappa shape index (κ2) is 9.50. The molecule has 23 heavy (non-hydrogen) atoms. The number of carbonyl (C=O) groups is 1. The number of piperidine rings is 1. The minimum Gasteiger partial charge on any atom is -0.391 e. The van der Waals surface area contributed by atoms with E-state index in [-0.39, 0.29) is 6.03 Å². The van der Waals surface area contributed by atoms with Crippen molar-refractivity contribution < 1.29 is 19.4 Å². The molecule has 0 saturated carbocycles. The summed E-state index contributed by atoms with van der Waals surface area (Å²) >= 11 is 0. The Bertz CT molecular complexity index is 495. The van der Waals surface area contributed by atoms with Crippen LogP contribution < -0.4 is 5.32 Å². The molecule has 1 heterocycles. The van der Waals surface area contributed by atoms with E-state index in [1.165, 1.54) is 0 Å². The fourth-order valence-corrected chi connectivity index (χ4v) is 2.53. The Morgan fingerprint density at radius 3 is 3.00 bits per heavy atom. The summed E-state index contributed by atoms with van der Waals surface area (Å²) in [5.74, 6) is 0. The molecule has 1 aliphatic rings. The molecule has 2 rings (SSSR count). The molecule has 2 amide bonds. The van der Waals surface area contributed by atoms with Crippen molar-refractivity contribution in [3.63, 3.8) is 0 Å². The molecule has 1 saturated heterocycles. The highest BCUT2D eigenvalue weighted by Gasteiger charge is 2.21. The number of aliphatic hydroxyl groups excluding tert-OH is 1. The smallest absolute Gasteiger partial charge is 0.321 e. The number of hydrogen-bond donors (Lipinski definition) is 2. The van der Waals surface area contributed by atoms with Crippen LogP contribution in [0.5, 0.6) is 0 Å². The number of benzene rings is 1. The molecule has 1 aromatic carbocycles. The Hall–Kier alpha value is -1.63. The van der Waals surface area contributed by atoms with E-state index >= 15 is 0 Å². The summed E-state index contributed by atoms with van der Waals surface area (Å²) in [6, 6.07) is 7.43. The van der Waals surface area contributed by atoms with Crippen LogP contribution in [0.25, 0.3) is 0 Å². The number of ether oxygens (including phenoxy) is 2. The van der Waals surface area contributed by atoms with Gasteiger partial charge in [-0.1, -0.05) is 12.1 Å². The number of urea groups is 1. The third-order valence-electron chi connectivity index (χ3n) is 3.71. The van der Waals surface area contributed by atoms with Crippen LogP contribution in [0.4, 0.5) is 10.5 Å². The van der Waals surface area contributed by atoms with Crippen LogP contribution in [0, 0.1) is 0 Å². The van der Waals surface area contributed by atoms with E-state index in [2.05, 4.69) is 5.32 Å². The molecule has 128 valence electrons. The van der Waals surface area contributed by atoms with Crippen LogP contribution >= 0.6 is 0 Å². The quantitative estimate of drug-likeness (QED) is 0.755. The molecule has 0 aliphatic carbocycles. The zero-order valence-corrected chi connectivity index (χ0v) is 13.7. The summed E-state index contributed by atoms with van der Waals surface area (Å²) in [6.45, 7) is 5.35. The van der Waals surface area contributed by atoms with Crippen molar-refractivity contribution in [1.82, 2.24) is 4.90 Å². The summed E-state index contributed by atoms with van der Waals surface area (Å²) < 4.78 is 10.7. The van der Waals surface area contributed by atoms with E-state index in [0.717, 1.165) is 24.1 Å². The van der Waals surface area contributed by atoms with Gasteiger partial charge in [0, 0.05) is 25.4 Å². The topological polar surface area (TPSA) is 71.0 Å². The maximum absolute atomic E-state index is 12.2. The van der Waals surface area contributed by atoms with Gasteiger partial charge in [0.25, 0.3) is 0 Å². The molecule has 1 fully saturated rings. The van der Waals surface area contributed by atoms with Crippen molar-refractivity contribution in [2.24, 2.45) is 0 Å². The van der Waals surface area contributed by atoms with Crippen molar-refractivity contribution in [1.29, 1.82) is 0 Å². The number of nitrogens with zero attached hydrogens (tertiary/aromatic N) is 1. The predicted molar refractivity (Wildman–Crippen MR) is 88.4 cm³/mol. The third kappa shape index (κ3) is 6.17. The van der Waals surface area contributed by atoms with Crippen LogP contribution in [0.3, 0.4) is 0 Å². The third-order valence-corrected chi connectivity index (χ3v) is 3.71. The fraction of sp³-hybridized carbons (Fsp3) is 0.588. The Morgan fingerprint density at radius 2 is 2.22 bits per heavy atom. The second-order valence-corrected chi connectivity index (χ2v) is 5.62. The van der Waals surface area contributed by atoms with Gasteiger partial charge < -0.3 is 24.8 Å². The lowest BCUT2D eigenvalue weighted by Crippen LogP contribution is -2.44. The van der Waals surface area contributed by atoms with Crippen molar-refractivity contribution in [3.8, 4) is 0 Å². The number of rotatable bonds is 7. The first kappa shape index (κ1) is 17.7. The van der Waals surface area contributed by atoms with Gasteiger partial charge in [0.05, 0.1) is 25.9 Å². The van der Waals surface area contributed by atoms with Gasteiger partial charge in [-0.15, -0.1) is 0 Å². The maximum Gasteiger partial charge on any atom is 0.321 e. The summed E-state index contributed by atoms with van der Waals surface area (Å²) in [6.07, 6.45) is 1.18. The van der Waals surface area contributed by atoms with Crippen LogP contribution in [0.2, 0.25) is 0 Å². The monoisotopic (exact) mass is 322 g/mol. The number of hydrogen-bond acceptors (Lipinski definition) is 4. The van der Waals surface area contributed by atoms with E-state index in [1.54, 1.807) is 4.90 Å². The first-order chi connectivity index (χ1) is 11.2. The zero-order valence-electron chi connectivity index (χ0n) is 13.7. The number of likely N-dealkylation sites (tertiary alicyclic amines) is 1. The molecule has 0 radical (unpaired) electrons. The highest BCUT2D eigenvalue weighted by molar-refractivity contribution is 5.89. The number of anilines is 1. The zero-order chi connectivity index (χ0) is 16.5. The van der Waals surface area contributed by atoms with Gasteiger partial charge >= 0.3 is 6.03 Å². The van der Waals surface area contributed by atoms with E-state index in [0.29, 0.717) is 39.5 Å². The number of carbonyl (C=O) groups excluding carboxylic acids is 1. The number of nitrogens with one attached hydrogen (secondary N) is 1. The molecule has 1 aliphatic heterocycles. The van der Waals surface area contributed by atoms with Crippen molar-refractivity contribution >= 4 is 11.7 Å². The van der Waals surface area contributed by atoms with Gasteiger partial charge in [0.2, 0.25) is 0 Å². The number of β-amino-alcohol motifs (C(OH)–C–C–N with tert-alkyl or cyclic N) is 1.